The predicted octanol–water partition coefficient (Wildman–Crippen LogP) is 4.21. The molecule has 4 unspecified atom stereocenters. The number of fused-ring (bicyclic) bond motifs is 2. The summed E-state index contributed by atoms with van der Waals surface area (Å²) in [6.07, 6.45) is 5.05. The minimum atomic E-state index is -0.697. The van der Waals surface area contributed by atoms with Crippen LogP contribution in [0.4, 0.5) is 0 Å². The summed E-state index contributed by atoms with van der Waals surface area (Å²) in [5.41, 5.74) is 1.65. The molecule has 27 heavy (non-hydrogen) atoms. The van der Waals surface area contributed by atoms with Crippen LogP contribution in [0.5, 0.6) is 0 Å². The summed E-state index contributed by atoms with van der Waals surface area (Å²) in [5.74, 6) is 0.150. The van der Waals surface area contributed by atoms with Crippen LogP contribution in [0.25, 0.3) is 0 Å². The highest BCUT2D eigenvalue weighted by atomic mass is 16.8. The Kier molecular flexibility index (Phi) is 4.45. The Morgan fingerprint density at radius 1 is 1.22 bits per heavy atom. The predicted molar refractivity (Wildman–Crippen MR) is 99.2 cm³/mol. The summed E-state index contributed by atoms with van der Waals surface area (Å²) in [7, 11) is 0. The van der Waals surface area contributed by atoms with Gasteiger partial charge in [-0.1, -0.05) is 39.3 Å². The first-order valence-corrected chi connectivity index (χ1v) is 10.3. The smallest absolute Gasteiger partial charge is 0.308 e. The normalized spacial score (nSPS) is 45.1. The van der Waals surface area contributed by atoms with E-state index in [0.717, 1.165) is 12.0 Å². The number of hydrogen-bond donors (Lipinski definition) is 0. The van der Waals surface area contributed by atoms with Crippen LogP contribution in [0.15, 0.2) is 12.2 Å². The van der Waals surface area contributed by atoms with Crippen LogP contribution in [0.2, 0.25) is 0 Å². The zero-order valence-corrected chi connectivity index (χ0v) is 17.0. The molecule has 0 aromatic heterocycles. The molecule has 2 saturated heterocycles. The van der Waals surface area contributed by atoms with E-state index in [4.69, 9.17) is 14.2 Å². The van der Waals surface area contributed by atoms with Crippen molar-refractivity contribution in [3.8, 4) is 0 Å². The number of esters is 2. The van der Waals surface area contributed by atoms with Crippen molar-refractivity contribution in [2.24, 2.45) is 34.5 Å². The monoisotopic (exact) mass is 376 g/mol. The minimum Gasteiger partial charge on any atom is -0.435 e. The average molecular weight is 376 g/mol. The highest BCUT2D eigenvalue weighted by Gasteiger charge is 2.59. The SMILES string of the molecule is C=C(C1C(OC(C)=O)OC2OC(=O)CC21)[C@H]1CC[C@H]2C(C)(C)CCC[C@]12C. The van der Waals surface area contributed by atoms with Gasteiger partial charge in [-0.3, -0.25) is 9.59 Å². The molecule has 4 rings (SSSR count). The molecular formula is C22H32O5. The van der Waals surface area contributed by atoms with Crippen LogP contribution in [0.1, 0.15) is 66.2 Å². The molecule has 0 aromatic carbocycles. The topological polar surface area (TPSA) is 61.8 Å². The lowest BCUT2D eigenvalue weighted by Gasteiger charge is -2.50. The first-order valence-electron chi connectivity index (χ1n) is 10.3. The van der Waals surface area contributed by atoms with Crippen LogP contribution in [-0.4, -0.2) is 24.5 Å². The number of carbonyl (C=O) groups is 2. The van der Waals surface area contributed by atoms with Crippen LogP contribution >= 0.6 is 0 Å². The maximum atomic E-state index is 11.8. The minimum absolute atomic E-state index is 0.103. The number of carbonyl (C=O) groups excluding carboxylic acids is 2. The summed E-state index contributed by atoms with van der Waals surface area (Å²) < 4.78 is 16.6. The highest BCUT2D eigenvalue weighted by Crippen LogP contribution is 2.64. The van der Waals surface area contributed by atoms with Crippen LogP contribution in [0.3, 0.4) is 0 Å². The van der Waals surface area contributed by atoms with Gasteiger partial charge in [0.15, 0.2) is 0 Å². The van der Waals surface area contributed by atoms with Crippen molar-refractivity contribution in [3.05, 3.63) is 12.2 Å². The Morgan fingerprint density at radius 2 is 1.96 bits per heavy atom. The molecule has 2 saturated carbocycles. The second-order valence-corrected chi connectivity index (χ2v) is 9.97. The molecule has 0 amide bonds. The fourth-order valence-electron chi connectivity index (χ4n) is 6.92. The fourth-order valence-corrected chi connectivity index (χ4v) is 6.92. The third-order valence-electron chi connectivity index (χ3n) is 8.00. The summed E-state index contributed by atoms with van der Waals surface area (Å²) in [4.78, 5) is 23.4. The van der Waals surface area contributed by atoms with Gasteiger partial charge in [-0.15, -0.1) is 0 Å². The van der Waals surface area contributed by atoms with Crippen molar-refractivity contribution >= 4 is 11.9 Å². The standard InChI is InChI=1S/C22H32O5/c1-12(15-7-8-16-21(3,4)9-6-10-22(15,16)5)18-14-11-17(24)26-19(14)27-20(18)25-13(2)23/h14-16,18-20H,1,6-11H2,2-5H3/t14?,15-,16+,18?,19?,20?,22-/m1/s1. The third kappa shape index (κ3) is 2.93. The molecule has 4 fully saturated rings. The van der Waals surface area contributed by atoms with E-state index in [9.17, 15) is 9.59 Å². The molecule has 0 spiro atoms. The van der Waals surface area contributed by atoms with E-state index in [1.807, 2.05) is 0 Å². The summed E-state index contributed by atoms with van der Waals surface area (Å²) >= 11 is 0. The molecule has 0 N–H and O–H groups in total. The van der Waals surface area contributed by atoms with E-state index < -0.39 is 12.6 Å². The van der Waals surface area contributed by atoms with Crippen molar-refractivity contribution in [1.29, 1.82) is 0 Å². The van der Waals surface area contributed by atoms with Gasteiger partial charge in [0.05, 0.1) is 12.3 Å². The maximum Gasteiger partial charge on any atom is 0.308 e. The first-order chi connectivity index (χ1) is 12.6. The quantitative estimate of drug-likeness (QED) is 0.545. The number of hydrogen-bond acceptors (Lipinski definition) is 5. The van der Waals surface area contributed by atoms with Gasteiger partial charge < -0.3 is 14.2 Å². The Morgan fingerprint density at radius 3 is 2.67 bits per heavy atom. The first kappa shape index (κ1) is 19.0. The van der Waals surface area contributed by atoms with Crippen molar-refractivity contribution in [2.75, 3.05) is 0 Å². The molecule has 7 atom stereocenters. The molecule has 2 heterocycles. The molecule has 2 aliphatic carbocycles. The van der Waals surface area contributed by atoms with E-state index in [-0.39, 0.29) is 29.2 Å². The molecule has 5 heteroatoms. The van der Waals surface area contributed by atoms with E-state index in [0.29, 0.717) is 23.7 Å². The molecule has 150 valence electrons. The zero-order chi connectivity index (χ0) is 19.6. The summed E-state index contributed by atoms with van der Waals surface area (Å²) in [6, 6.07) is 0. The Labute approximate surface area is 161 Å². The summed E-state index contributed by atoms with van der Waals surface area (Å²) in [6.45, 7) is 13.1. The van der Waals surface area contributed by atoms with Crippen molar-refractivity contribution in [3.63, 3.8) is 0 Å². The zero-order valence-electron chi connectivity index (χ0n) is 17.0. The van der Waals surface area contributed by atoms with Gasteiger partial charge in [0.1, 0.15) is 0 Å². The average Bonchev–Trinajstić information content (AvgIpc) is 3.16. The number of ether oxygens (including phenoxy) is 3. The van der Waals surface area contributed by atoms with Crippen molar-refractivity contribution < 1.29 is 23.8 Å². The highest BCUT2D eigenvalue weighted by molar-refractivity contribution is 5.72. The lowest BCUT2D eigenvalue weighted by molar-refractivity contribution is -0.207. The Hall–Kier alpha value is -1.36. The van der Waals surface area contributed by atoms with E-state index in [1.54, 1.807) is 0 Å². The van der Waals surface area contributed by atoms with Crippen LogP contribution in [-0.2, 0) is 23.8 Å². The van der Waals surface area contributed by atoms with Crippen molar-refractivity contribution in [2.45, 2.75) is 78.8 Å². The Balaban J connectivity index is 1.62. The van der Waals surface area contributed by atoms with Crippen LogP contribution in [0, 0.1) is 34.5 Å². The largest absolute Gasteiger partial charge is 0.435 e. The van der Waals surface area contributed by atoms with Gasteiger partial charge >= 0.3 is 11.9 Å². The second-order valence-electron chi connectivity index (χ2n) is 9.97. The molecule has 2 aliphatic heterocycles. The van der Waals surface area contributed by atoms with Gasteiger partial charge in [-0.05, 0) is 48.3 Å². The van der Waals surface area contributed by atoms with Crippen LogP contribution < -0.4 is 0 Å². The lowest BCUT2D eigenvalue weighted by Crippen LogP contribution is -2.43. The molecule has 0 radical (unpaired) electrons. The fraction of sp³-hybridized carbons (Fsp3) is 0.818. The molecule has 5 nitrogen and oxygen atoms in total. The van der Waals surface area contributed by atoms with Gasteiger partial charge in [0.2, 0.25) is 12.6 Å². The summed E-state index contributed by atoms with van der Waals surface area (Å²) in [5, 5.41) is 0. The molecule has 0 aromatic rings. The van der Waals surface area contributed by atoms with Gasteiger partial charge in [-0.2, -0.15) is 0 Å². The Bertz CT molecular complexity index is 668. The third-order valence-corrected chi connectivity index (χ3v) is 8.00. The molecule has 0 bridgehead atoms. The number of rotatable bonds is 3. The molecular weight excluding hydrogens is 344 g/mol. The maximum absolute atomic E-state index is 11.8. The van der Waals surface area contributed by atoms with E-state index in [1.165, 1.54) is 32.6 Å². The van der Waals surface area contributed by atoms with Gasteiger partial charge in [0, 0.05) is 12.8 Å². The van der Waals surface area contributed by atoms with Crippen molar-refractivity contribution in [1.82, 2.24) is 0 Å². The second kappa shape index (κ2) is 6.33. The van der Waals surface area contributed by atoms with E-state index >= 15 is 0 Å². The lowest BCUT2D eigenvalue weighted by atomic mass is 9.54. The van der Waals surface area contributed by atoms with E-state index in [2.05, 4.69) is 27.4 Å². The van der Waals surface area contributed by atoms with Gasteiger partial charge in [0.25, 0.3) is 0 Å². The van der Waals surface area contributed by atoms with Gasteiger partial charge in [-0.25, -0.2) is 0 Å². The molecule has 4 aliphatic rings.